The Bertz CT molecular complexity index is 406. The van der Waals surface area contributed by atoms with Gasteiger partial charge in [-0.3, -0.25) is 4.79 Å². The van der Waals surface area contributed by atoms with Crippen molar-refractivity contribution in [2.24, 2.45) is 0 Å². The molecule has 0 saturated heterocycles. The first-order chi connectivity index (χ1) is 7.65. The molecule has 2 heterocycles. The lowest BCUT2D eigenvalue weighted by atomic mass is 10.4. The minimum absolute atomic E-state index is 0.222. The van der Waals surface area contributed by atoms with Crippen LogP contribution in [0.5, 0.6) is 0 Å². The Morgan fingerprint density at radius 2 is 2.31 bits per heavy atom. The highest BCUT2D eigenvalue weighted by Crippen LogP contribution is 2.25. The van der Waals surface area contributed by atoms with Crippen molar-refractivity contribution in [1.82, 2.24) is 20.9 Å². The van der Waals surface area contributed by atoms with Crippen molar-refractivity contribution in [3.05, 3.63) is 23.1 Å². The van der Waals surface area contributed by atoms with Gasteiger partial charge in [0.15, 0.2) is 0 Å². The zero-order chi connectivity index (χ0) is 11.7. The number of fused-ring (bicyclic) bond motifs is 1. The van der Waals surface area contributed by atoms with Crippen LogP contribution in [0.3, 0.4) is 0 Å². The maximum atomic E-state index is 11.3. The van der Waals surface area contributed by atoms with Gasteiger partial charge in [-0.1, -0.05) is 0 Å². The molecule has 0 unspecified atom stereocenters. The Morgan fingerprint density at radius 1 is 1.56 bits per heavy atom. The Hall–Kier alpha value is -1.67. The number of ether oxygens (including phenoxy) is 1. The van der Waals surface area contributed by atoms with Gasteiger partial charge in [-0.2, -0.15) is 5.01 Å². The van der Waals surface area contributed by atoms with Crippen LogP contribution in [-0.4, -0.2) is 35.4 Å². The molecule has 7 nitrogen and oxygen atoms in total. The Balaban J connectivity index is 2.23. The third-order valence-corrected chi connectivity index (χ3v) is 2.73. The van der Waals surface area contributed by atoms with Crippen molar-refractivity contribution >= 4 is 23.8 Å². The van der Waals surface area contributed by atoms with Gasteiger partial charge in [0.1, 0.15) is 5.82 Å². The summed E-state index contributed by atoms with van der Waals surface area (Å²) in [6, 6.07) is 0. The first kappa shape index (κ1) is 10.8. The predicted octanol–water partition coefficient (Wildman–Crippen LogP) is -0.0769. The fraction of sp³-hybridized carbons (Fsp3) is 0.250. The van der Waals surface area contributed by atoms with E-state index in [1.807, 2.05) is 6.26 Å². The van der Waals surface area contributed by atoms with Crippen LogP contribution in [0.1, 0.15) is 0 Å². The van der Waals surface area contributed by atoms with E-state index in [4.69, 9.17) is 0 Å². The molecule has 2 amide bonds. The van der Waals surface area contributed by atoms with E-state index in [-0.39, 0.29) is 5.91 Å². The molecule has 0 aromatic rings. The largest absolute Gasteiger partial charge is 0.452 e. The predicted molar refractivity (Wildman–Crippen MR) is 57.0 cm³/mol. The molecule has 0 atom stereocenters. The van der Waals surface area contributed by atoms with Gasteiger partial charge < -0.3 is 10.1 Å². The highest BCUT2D eigenvalue weighted by molar-refractivity contribution is 8.02. The highest BCUT2D eigenvalue weighted by Gasteiger charge is 2.31. The van der Waals surface area contributed by atoms with Crippen molar-refractivity contribution < 1.29 is 14.3 Å². The molecule has 2 aliphatic heterocycles. The van der Waals surface area contributed by atoms with Crippen LogP contribution in [0, 0.1) is 0 Å². The van der Waals surface area contributed by atoms with E-state index in [1.54, 1.807) is 5.01 Å². The summed E-state index contributed by atoms with van der Waals surface area (Å²) in [5.41, 5.74) is 2.76. The molecule has 0 radical (unpaired) electrons. The molecule has 0 aromatic heterocycles. The number of rotatable bonds is 1. The molecular formula is C8H10N4O3S. The second kappa shape index (κ2) is 4.06. The molecule has 0 saturated carbocycles. The number of amides is 2. The molecule has 0 aliphatic carbocycles. The SMILES string of the molecule is COC(=O)N1C=C2NC(=O)C=C(SC)N2N1. The van der Waals surface area contributed by atoms with E-state index in [0.717, 1.165) is 5.01 Å². The van der Waals surface area contributed by atoms with Crippen molar-refractivity contribution in [2.75, 3.05) is 13.4 Å². The molecule has 0 spiro atoms. The molecule has 0 bridgehead atoms. The average Bonchev–Trinajstić information content (AvgIpc) is 2.70. The standard InChI is InChI=1S/C8H10N4O3S/c1-15-8(14)11-4-5-9-6(13)3-7(16-2)12(5)10-11/h3-4,10H,1-2H3,(H,9,13). The zero-order valence-corrected chi connectivity index (χ0v) is 9.50. The highest BCUT2D eigenvalue weighted by atomic mass is 32.2. The number of hydrogen-bond acceptors (Lipinski definition) is 6. The van der Waals surface area contributed by atoms with E-state index in [2.05, 4.69) is 15.6 Å². The topological polar surface area (TPSA) is 73.9 Å². The van der Waals surface area contributed by atoms with Gasteiger partial charge >= 0.3 is 6.09 Å². The van der Waals surface area contributed by atoms with Gasteiger partial charge in [0.25, 0.3) is 5.91 Å². The number of nitrogens with one attached hydrogen (secondary N) is 2. The van der Waals surface area contributed by atoms with E-state index >= 15 is 0 Å². The summed E-state index contributed by atoms with van der Waals surface area (Å²) < 4.78 is 4.55. The zero-order valence-electron chi connectivity index (χ0n) is 8.68. The van der Waals surface area contributed by atoms with Crippen molar-refractivity contribution in [1.29, 1.82) is 0 Å². The van der Waals surface area contributed by atoms with E-state index in [1.165, 1.54) is 31.1 Å². The van der Waals surface area contributed by atoms with Crippen molar-refractivity contribution in [2.45, 2.75) is 0 Å². The Labute approximate surface area is 96.0 Å². The summed E-state index contributed by atoms with van der Waals surface area (Å²) >= 11 is 1.39. The molecule has 16 heavy (non-hydrogen) atoms. The summed E-state index contributed by atoms with van der Waals surface area (Å²) in [6.07, 6.45) is 4.17. The van der Waals surface area contributed by atoms with Gasteiger partial charge in [0.2, 0.25) is 0 Å². The van der Waals surface area contributed by atoms with Crippen LogP contribution in [0.15, 0.2) is 23.1 Å². The van der Waals surface area contributed by atoms with E-state index < -0.39 is 6.09 Å². The lowest BCUT2D eigenvalue weighted by molar-refractivity contribution is -0.116. The normalized spacial score (nSPS) is 18.8. The lowest BCUT2D eigenvalue weighted by Gasteiger charge is -2.27. The summed E-state index contributed by atoms with van der Waals surface area (Å²) in [6.45, 7) is 0. The molecule has 2 aliphatic rings. The average molecular weight is 242 g/mol. The van der Waals surface area contributed by atoms with Gasteiger partial charge in [-0.05, 0) is 6.26 Å². The summed E-state index contributed by atoms with van der Waals surface area (Å²) in [5, 5.41) is 6.02. The third kappa shape index (κ3) is 1.72. The monoisotopic (exact) mass is 242 g/mol. The first-order valence-corrected chi connectivity index (χ1v) is 5.60. The van der Waals surface area contributed by atoms with Crippen molar-refractivity contribution in [3.63, 3.8) is 0 Å². The fourth-order valence-corrected chi connectivity index (χ4v) is 1.85. The number of hydrazine groups is 2. The maximum absolute atomic E-state index is 11.3. The molecule has 86 valence electrons. The number of hydrogen-bond donors (Lipinski definition) is 2. The molecule has 2 N–H and O–H groups in total. The van der Waals surface area contributed by atoms with Crippen LogP contribution in [-0.2, 0) is 9.53 Å². The van der Waals surface area contributed by atoms with E-state index in [9.17, 15) is 9.59 Å². The Morgan fingerprint density at radius 3 is 2.94 bits per heavy atom. The van der Waals surface area contributed by atoms with Gasteiger partial charge in [0.05, 0.1) is 18.3 Å². The van der Waals surface area contributed by atoms with Crippen LogP contribution < -0.4 is 10.9 Å². The molecule has 0 aromatic carbocycles. The quantitative estimate of drug-likeness (QED) is 0.670. The van der Waals surface area contributed by atoms with Crippen LogP contribution in [0.25, 0.3) is 0 Å². The summed E-state index contributed by atoms with van der Waals surface area (Å²) in [4.78, 5) is 22.6. The Kier molecular flexibility index (Phi) is 2.75. The van der Waals surface area contributed by atoms with Crippen LogP contribution >= 0.6 is 11.8 Å². The molecular weight excluding hydrogens is 232 g/mol. The lowest BCUT2D eigenvalue weighted by Crippen LogP contribution is -2.46. The van der Waals surface area contributed by atoms with Gasteiger partial charge in [-0.25, -0.2) is 9.80 Å². The molecule has 2 rings (SSSR count). The third-order valence-electron chi connectivity index (χ3n) is 2.01. The summed E-state index contributed by atoms with van der Waals surface area (Å²) in [5.74, 6) is 0.266. The number of carbonyl (C=O) groups excluding carboxylic acids is 2. The number of nitrogens with zero attached hydrogens (tertiary/aromatic N) is 2. The van der Waals surface area contributed by atoms with Crippen LogP contribution in [0.4, 0.5) is 4.79 Å². The van der Waals surface area contributed by atoms with Crippen LogP contribution in [0.2, 0.25) is 0 Å². The minimum atomic E-state index is -0.559. The van der Waals surface area contributed by atoms with Crippen molar-refractivity contribution in [3.8, 4) is 0 Å². The first-order valence-electron chi connectivity index (χ1n) is 4.38. The number of methoxy groups -OCH3 is 1. The van der Waals surface area contributed by atoms with Gasteiger partial charge in [-0.15, -0.1) is 17.3 Å². The maximum Gasteiger partial charge on any atom is 0.429 e. The minimum Gasteiger partial charge on any atom is -0.452 e. The number of thioether (sulfide) groups is 1. The van der Waals surface area contributed by atoms with E-state index in [0.29, 0.717) is 10.9 Å². The summed E-state index contributed by atoms with van der Waals surface area (Å²) in [7, 11) is 1.28. The fourth-order valence-electron chi connectivity index (χ4n) is 1.31. The number of carbonyl (C=O) groups is 2. The van der Waals surface area contributed by atoms with Gasteiger partial charge in [0, 0.05) is 6.08 Å². The second-order valence-corrected chi connectivity index (χ2v) is 3.79. The molecule has 8 heteroatoms. The smallest absolute Gasteiger partial charge is 0.429 e. The molecule has 0 fully saturated rings. The second-order valence-electron chi connectivity index (χ2n) is 2.97.